The molecule has 1 aromatic heterocycles. The van der Waals surface area contributed by atoms with Crippen LogP contribution in [0, 0.1) is 6.92 Å². The molecule has 0 spiro atoms. The molecule has 41 heavy (non-hydrogen) atoms. The first kappa shape index (κ1) is 28.4. The second-order valence-electron chi connectivity index (χ2n) is 10.1. The molecular weight excluding hydrogens is 544 g/mol. The molecule has 2 aliphatic rings. The number of aromatic nitrogens is 1. The highest BCUT2D eigenvalue weighted by molar-refractivity contribution is 7.90. The molecule has 0 unspecified atom stereocenters. The zero-order valence-corrected chi connectivity index (χ0v) is 23.5. The van der Waals surface area contributed by atoms with E-state index in [0.717, 1.165) is 24.0 Å². The molecular formula is C30H32N4O6S. The predicted molar refractivity (Wildman–Crippen MR) is 150 cm³/mol. The van der Waals surface area contributed by atoms with Crippen LogP contribution in [0.4, 0.5) is 0 Å². The highest BCUT2D eigenvalue weighted by Gasteiger charge is 2.43. The van der Waals surface area contributed by atoms with Crippen molar-refractivity contribution in [1.82, 2.24) is 19.5 Å². The number of carbonyl (C=O) groups excluding carboxylic acids is 3. The average molecular weight is 577 g/mol. The van der Waals surface area contributed by atoms with Crippen molar-refractivity contribution in [3.63, 3.8) is 0 Å². The van der Waals surface area contributed by atoms with Crippen molar-refractivity contribution >= 4 is 27.7 Å². The summed E-state index contributed by atoms with van der Waals surface area (Å²) in [7, 11) is -4.22. The maximum atomic E-state index is 14.0. The second kappa shape index (κ2) is 12.2. The molecule has 1 saturated heterocycles. The van der Waals surface area contributed by atoms with Crippen LogP contribution in [-0.4, -0.2) is 72.7 Å². The number of nitrogens with one attached hydrogen (secondary N) is 1. The average Bonchev–Trinajstić information content (AvgIpc) is 3.57. The van der Waals surface area contributed by atoms with E-state index in [2.05, 4.69) is 10.3 Å². The Kier molecular flexibility index (Phi) is 8.46. The summed E-state index contributed by atoms with van der Waals surface area (Å²) in [5, 5.41) is 2.92. The summed E-state index contributed by atoms with van der Waals surface area (Å²) in [5.74, 6) is -1.86. The third-order valence-corrected chi connectivity index (χ3v) is 9.29. The lowest BCUT2D eigenvalue weighted by atomic mass is 10.0. The molecule has 2 atom stereocenters. The van der Waals surface area contributed by atoms with E-state index in [0.29, 0.717) is 22.9 Å². The molecule has 0 saturated carbocycles. The Balaban J connectivity index is 1.47. The van der Waals surface area contributed by atoms with Crippen LogP contribution in [-0.2, 0) is 30.8 Å². The van der Waals surface area contributed by atoms with Crippen LogP contribution in [0.2, 0.25) is 0 Å². The van der Waals surface area contributed by atoms with Crippen LogP contribution in [0.5, 0.6) is 0 Å². The second-order valence-corrected chi connectivity index (χ2v) is 12.0. The monoisotopic (exact) mass is 576 g/mol. The Labute approximate surface area is 239 Å². The van der Waals surface area contributed by atoms with Crippen LogP contribution >= 0.6 is 0 Å². The van der Waals surface area contributed by atoms with Gasteiger partial charge in [-0.2, -0.15) is 0 Å². The first-order valence-electron chi connectivity index (χ1n) is 13.6. The number of fused-ring (bicyclic) bond motifs is 1. The van der Waals surface area contributed by atoms with Crippen molar-refractivity contribution in [2.45, 2.75) is 43.2 Å². The smallest absolute Gasteiger partial charge is 0.269 e. The maximum Gasteiger partial charge on any atom is 0.269 e. The van der Waals surface area contributed by atoms with Gasteiger partial charge in [0.2, 0.25) is 11.8 Å². The normalized spacial score (nSPS) is 18.1. The lowest BCUT2D eigenvalue weighted by Gasteiger charge is -2.33. The molecule has 1 fully saturated rings. The van der Waals surface area contributed by atoms with Gasteiger partial charge >= 0.3 is 0 Å². The molecule has 1 N–H and O–H groups in total. The van der Waals surface area contributed by atoms with Crippen LogP contribution in [0.15, 0.2) is 78.0 Å². The minimum atomic E-state index is -4.22. The number of rotatable bonds is 10. The number of ether oxygens (including phenoxy) is 1. The number of carbonyl (C=O) groups is 3. The van der Waals surface area contributed by atoms with Crippen LogP contribution in [0.3, 0.4) is 0 Å². The number of hydrogen-bond donors (Lipinski definition) is 1. The fraction of sp³-hybridized carbons (Fsp3) is 0.333. The molecule has 10 nitrogen and oxygen atoms in total. The van der Waals surface area contributed by atoms with E-state index >= 15 is 0 Å². The van der Waals surface area contributed by atoms with E-state index in [-0.39, 0.29) is 29.7 Å². The zero-order chi connectivity index (χ0) is 29.0. The van der Waals surface area contributed by atoms with E-state index in [1.54, 1.807) is 18.2 Å². The molecule has 3 aromatic rings. The van der Waals surface area contributed by atoms with Crippen molar-refractivity contribution in [3.8, 4) is 0 Å². The highest BCUT2D eigenvalue weighted by atomic mass is 32.2. The number of nitrogens with zero attached hydrogens (tertiary/aromatic N) is 3. The molecule has 3 heterocycles. The molecule has 0 radical (unpaired) electrons. The van der Waals surface area contributed by atoms with E-state index in [1.165, 1.54) is 35.5 Å². The zero-order valence-electron chi connectivity index (χ0n) is 22.7. The summed E-state index contributed by atoms with van der Waals surface area (Å²) >= 11 is 0. The van der Waals surface area contributed by atoms with Gasteiger partial charge in [-0.25, -0.2) is 12.7 Å². The van der Waals surface area contributed by atoms with Crippen LogP contribution < -0.4 is 5.32 Å². The fourth-order valence-corrected chi connectivity index (χ4v) is 6.78. The quantitative estimate of drug-likeness (QED) is 0.393. The summed E-state index contributed by atoms with van der Waals surface area (Å²) < 4.78 is 32.7. The Morgan fingerprint density at radius 2 is 1.83 bits per heavy atom. The van der Waals surface area contributed by atoms with Gasteiger partial charge in [-0.3, -0.25) is 19.4 Å². The number of aryl methyl sites for hydroxylation is 1. The summed E-state index contributed by atoms with van der Waals surface area (Å²) in [5.41, 5.74) is 2.54. The van der Waals surface area contributed by atoms with Gasteiger partial charge in [-0.15, -0.1) is 0 Å². The molecule has 2 aliphatic heterocycles. The number of hydrogen-bond acceptors (Lipinski definition) is 7. The summed E-state index contributed by atoms with van der Waals surface area (Å²) in [4.78, 5) is 46.1. The van der Waals surface area contributed by atoms with Crippen LogP contribution in [0.25, 0.3) is 0 Å². The lowest BCUT2D eigenvalue weighted by Crippen LogP contribution is -2.49. The molecule has 2 aromatic carbocycles. The molecule has 5 rings (SSSR count). The van der Waals surface area contributed by atoms with Gasteiger partial charge in [-0.05, 0) is 67.1 Å². The van der Waals surface area contributed by atoms with Gasteiger partial charge in [-0.1, -0.05) is 36.4 Å². The van der Waals surface area contributed by atoms with Crippen molar-refractivity contribution in [2.75, 3.05) is 26.2 Å². The Morgan fingerprint density at radius 1 is 1.10 bits per heavy atom. The van der Waals surface area contributed by atoms with Gasteiger partial charge in [0, 0.05) is 32.1 Å². The van der Waals surface area contributed by atoms with Crippen molar-refractivity contribution in [1.29, 1.82) is 0 Å². The van der Waals surface area contributed by atoms with Gasteiger partial charge < -0.3 is 15.0 Å². The van der Waals surface area contributed by atoms with Gasteiger partial charge in [0.15, 0.2) is 0 Å². The first-order chi connectivity index (χ1) is 19.8. The van der Waals surface area contributed by atoms with Gasteiger partial charge in [0.1, 0.15) is 17.5 Å². The summed E-state index contributed by atoms with van der Waals surface area (Å²) in [6.07, 6.45) is 5.11. The van der Waals surface area contributed by atoms with Crippen molar-refractivity contribution < 1.29 is 27.5 Å². The molecule has 11 heteroatoms. The van der Waals surface area contributed by atoms with E-state index in [4.69, 9.17) is 4.74 Å². The SMILES string of the molecule is Cc1ccccc1CCN(C(=O)CN1C(=O)c2ccccc2S1(=O)=O)[C@H](C(=O)NC[C@@H]1CCCO1)c1ccncc1. The third-order valence-electron chi connectivity index (χ3n) is 7.50. The minimum absolute atomic E-state index is 0.0201. The Morgan fingerprint density at radius 3 is 2.54 bits per heavy atom. The number of benzene rings is 2. The maximum absolute atomic E-state index is 14.0. The largest absolute Gasteiger partial charge is 0.376 e. The predicted octanol–water partition coefficient (Wildman–Crippen LogP) is 2.64. The molecule has 0 aliphatic carbocycles. The third kappa shape index (κ3) is 6.01. The highest BCUT2D eigenvalue weighted by Crippen LogP contribution is 2.31. The fourth-order valence-electron chi connectivity index (χ4n) is 5.27. The topological polar surface area (TPSA) is 126 Å². The van der Waals surface area contributed by atoms with E-state index < -0.39 is 40.3 Å². The molecule has 214 valence electrons. The lowest BCUT2D eigenvalue weighted by molar-refractivity contribution is -0.141. The number of amides is 3. The molecule has 0 bridgehead atoms. The van der Waals surface area contributed by atoms with E-state index in [1.807, 2.05) is 31.2 Å². The molecule has 3 amide bonds. The Hall–Kier alpha value is -4.09. The van der Waals surface area contributed by atoms with E-state index in [9.17, 15) is 22.8 Å². The number of pyridine rings is 1. The standard InChI is InChI=1S/C30H32N4O6S/c1-21-7-2-3-8-22(21)14-17-33(27(35)20-34-30(37)25-10-4-5-11-26(25)41(34,38)39)28(23-12-15-31-16-13-23)29(36)32-19-24-9-6-18-40-24/h2-5,7-8,10-13,15-16,24,28H,6,9,14,17-20H2,1H3,(H,32,36)/t24-,28-/m0/s1. The van der Waals surface area contributed by atoms with Crippen molar-refractivity contribution in [2.24, 2.45) is 0 Å². The van der Waals surface area contributed by atoms with Crippen molar-refractivity contribution in [3.05, 3.63) is 95.3 Å². The first-order valence-corrected chi connectivity index (χ1v) is 15.0. The van der Waals surface area contributed by atoms with Crippen LogP contribution in [0.1, 0.15) is 45.9 Å². The minimum Gasteiger partial charge on any atom is -0.376 e. The number of sulfonamides is 1. The Bertz CT molecular complexity index is 1540. The summed E-state index contributed by atoms with van der Waals surface area (Å²) in [6, 6.07) is 15.8. The van der Waals surface area contributed by atoms with Gasteiger partial charge in [0.05, 0.1) is 11.7 Å². The summed E-state index contributed by atoms with van der Waals surface area (Å²) in [6.45, 7) is 2.26. The van der Waals surface area contributed by atoms with Gasteiger partial charge in [0.25, 0.3) is 15.9 Å².